The highest BCUT2D eigenvalue weighted by Gasteiger charge is 2.55. The van der Waals surface area contributed by atoms with Crippen LogP contribution in [0.25, 0.3) is 66.8 Å². The van der Waals surface area contributed by atoms with Gasteiger partial charge in [-0.2, -0.15) is 5.26 Å². The highest BCUT2D eigenvalue weighted by Crippen LogP contribution is 2.68. The van der Waals surface area contributed by atoms with Crippen molar-refractivity contribution in [1.82, 2.24) is 0 Å². The Bertz CT molecular complexity index is 5150. The fourth-order valence-corrected chi connectivity index (χ4v) is 17.2. The summed E-state index contributed by atoms with van der Waals surface area (Å²) in [6.45, 7) is 23.3. The topological polar surface area (TPSA) is 42.7 Å². The van der Waals surface area contributed by atoms with E-state index in [4.69, 9.17) is 4.74 Å². The molecule has 5 nitrogen and oxygen atoms in total. The summed E-state index contributed by atoms with van der Waals surface area (Å²) in [5.74, 6) is 0. The first-order valence-corrected chi connectivity index (χ1v) is 34.8. The van der Waals surface area contributed by atoms with Gasteiger partial charge in [-0.25, -0.2) is 0 Å². The second-order valence-corrected chi connectivity index (χ2v) is 29.9. The summed E-state index contributed by atoms with van der Waals surface area (Å²) in [7, 11) is 0. The number of rotatable bonds is 9. The van der Waals surface area contributed by atoms with Gasteiger partial charge in [-0.15, -0.1) is 0 Å². The summed E-state index contributed by atoms with van der Waals surface area (Å²) < 4.78 is 7.87. The fraction of sp³-hybridized carbons (Fsp3) is 0.160. The lowest BCUT2D eigenvalue weighted by Gasteiger charge is -2.48. The number of ether oxygens (including phenoxy) is 1. The molecular weight excluding hydrogens is 1200 g/mol. The number of anilines is 9. The number of hydrogen-bond donors (Lipinski definition) is 0. The Kier molecular flexibility index (Phi) is 14.0. The Morgan fingerprint density at radius 2 is 0.444 bits per heavy atom. The van der Waals surface area contributed by atoms with E-state index in [9.17, 15) is 5.26 Å². The number of nitriles is 1. The van der Waals surface area contributed by atoms with Crippen molar-refractivity contribution in [3.63, 3.8) is 0 Å². The average molecular weight is 1280 g/mol. The third-order valence-electron chi connectivity index (χ3n) is 22.0. The lowest BCUT2D eigenvalue weighted by atomic mass is 9.70. The molecule has 0 unspecified atom stereocenters. The molecule has 0 aromatic heterocycles. The molecule has 0 saturated carbocycles. The summed E-state index contributed by atoms with van der Waals surface area (Å²) in [6, 6.07) is 110. The van der Waals surface area contributed by atoms with Crippen LogP contribution in [0.3, 0.4) is 0 Å². The van der Waals surface area contributed by atoms with Gasteiger partial charge in [0.05, 0.1) is 62.4 Å². The first kappa shape index (κ1) is 61.3. The lowest BCUT2D eigenvalue weighted by molar-refractivity contribution is -0.104. The van der Waals surface area contributed by atoms with Crippen LogP contribution in [0.1, 0.15) is 119 Å². The standard InChI is InChI=1S/C94H78N4O/c1-90(2)73-53-66(60-29-17-11-18-30-60)41-47-79(73)96(80-48-42-67(54-74(80)90)61-31-19-12-20-32-61)87-72(59-95)88(97-81-49-43-68(62-33-21-13-22-34-62)55-75(81)91(3,4)76-56-69(44-50-82(76)97)63-35-23-14-24-36-63)89(86-85(87)93(7,8)99-94(86,9)10)98-83-51-45-70(64-37-25-15-26-38-64)57-77(83)92(5,6)78-58-71(46-52-84(78)98)65-39-27-16-28-40-65/h11-58H,1-10H3. The van der Waals surface area contributed by atoms with Gasteiger partial charge in [-0.3, -0.25) is 0 Å². The van der Waals surface area contributed by atoms with E-state index >= 15 is 0 Å². The highest BCUT2D eigenvalue weighted by atomic mass is 16.5. The van der Waals surface area contributed by atoms with Gasteiger partial charge in [-0.1, -0.05) is 260 Å². The maximum Gasteiger partial charge on any atom is 0.104 e. The van der Waals surface area contributed by atoms with E-state index in [1.165, 1.54) is 11.1 Å². The van der Waals surface area contributed by atoms with Gasteiger partial charge in [0.2, 0.25) is 0 Å². The molecule has 0 amide bonds. The molecule has 0 spiro atoms. The minimum absolute atomic E-state index is 0.519. The third-order valence-corrected chi connectivity index (χ3v) is 22.0. The van der Waals surface area contributed by atoms with Crippen molar-refractivity contribution in [3.8, 4) is 72.8 Å². The minimum atomic E-state index is -0.975. The van der Waals surface area contributed by atoms with Crippen molar-refractivity contribution >= 4 is 51.2 Å². The van der Waals surface area contributed by atoms with Crippen LogP contribution in [0.15, 0.2) is 291 Å². The molecule has 0 saturated heterocycles. The summed E-state index contributed by atoms with van der Waals surface area (Å²) in [5.41, 5.74) is 28.1. The Morgan fingerprint density at radius 1 is 0.242 bits per heavy atom. The number of nitrogens with zero attached hydrogens (tertiary/aromatic N) is 4. The SMILES string of the molecule is CC1(C)OC(C)(C)c2c(N3c4ccc(-c5ccccc5)cc4C(C)(C)c4cc(-c5ccccc5)ccc43)c(N3c4ccc(-c5ccccc5)cc4C(C)(C)c4cc(-c5ccccc5)ccc43)c(C#N)c(N3c4ccc(-c5ccccc5)cc4C(C)(C)c4cc(-c5ccccc5)ccc43)c21. The van der Waals surface area contributed by atoms with Crippen molar-refractivity contribution in [1.29, 1.82) is 5.26 Å². The fourth-order valence-electron chi connectivity index (χ4n) is 17.2. The molecule has 13 aromatic rings. The molecule has 17 rings (SSSR count). The average Bonchev–Trinajstić information content (AvgIpc) is 1.66. The lowest BCUT2D eigenvalue weighted by Crippen LogP contribution is -2.36. The molecule has 99 heavy (non-hydrogen) atoms. The van der Waals surface area contributed by atoms with Crippen LogP contribution in [0.4, 0.5) is 51.2 Å². The Hall–Kier alpha value is -11.3. The largest absolute Gasteiger partial charge is 0.360 e. The van der Waals surface area contributed by atoms with Gasteiger partial charge in [0, 0.05) is 27.4 Å². The van der Waals surface area contributed by atoms with Crippen LogP contribution < -0.4 is 14.7 Å². The second kappa shape index (κ2) is 22.6. The van der Waals surface area contributed by atoms with Crippen LogP contribution in [0.2, 0.25) is 0 Å². The van der Waals surface area contributed by atoms with Crippen LogP contribution >= 0.6 is 0 Å². The summed E-state index contributed by atoms with van der Waals surface area (Å²) in [6.07, 6.45) is 0. The van der Waals surface area contributed by atoms with E-state index in [0.717, 1.165) is 151 Å². The van der Waals surface area contributed by atoms with E-state index in [2.05, 4.69) is 381 Å². The van der Waals surface area contributed by atoms with Crippen LogP contribution in [-0.4, -0.2) is 0 Å². The van der Waals surface area contributed by atoms with E-state index in [1.54, 1.807) is 0 Å². The van der Waals surface area contributed by atoms with Crippen molar-refractivity contribution in [2.45, 2.75) is 96.7 Å². The van der Waals surface area contributed by atoms with E-state index in [0.29, 0.717) is 5.56 Å². The van der Waals surface area contributed by atoms with Gasteiger partial charge in [0.25, 0.3) is 0 Å². The van der Waals surface area contributed by atoms with Gasteiger partial charge < -0.3 is 19.4 Å². The highest BCUT2D eigenvalue weighted by molar-refractivity contribution is 6.07. The molecule has 13 aromatic carbocycles. The van der Waals surface area contributed by atoms with Crippen LogP contribution in [0, 0.1) is 11.3 Å². The molecule has 0 fully saturated rings. The Balaban J connectivity index is 1.06. The molecule has 4 heterocycles. The molecule has 0 radical (unpaired) electrons. The molecule has 5 heteroatoms. The third kappa shape index (κ3) is 9.59. The maximum absolute atomic E-state index is 13.5. The zero-order chi connectivity index (χ0) is 67.9. The van der Waals surface area contributed by atoms with E-state index in [1.807, 2.05) is 0 Å². The minimum Gasteiger partial charge on any atom is -0.360 e. The van der Waals surface area contributed by atoms with Crippen molar-refractivity contribution in [2.75, 3.05) is 14.7 Å². The zero-order valence-electron chi connectivity index (χ0n) is 57.9. The van der Waals surface area contributed by atoms with Crippen LogP contribution in [0.5, 0.6) is 0 Å². The molecule has 480 valence electrons. The van der Waals surface area contributed by atoms with Crippen molar-refractivity contribution < 1.29 is 4.74 Å². The van der Waals surface area contributed by atoms with Crippen LogP contribution in [-0.2, 0) is 32.2 Å². The van der Waals surface area contributed by atoms with Crippen molar-refractivity contribution in [2.24, 2.45) is 0 Å². The van der Waals surface area contributed by atoms with E-state index < -0.39 is 27.4 Å². The predicted octanol–water partition coefficient (Wildman–Crippen LogP) is 25.4. The number of fused-ring (bicyclic) bond motifs is 7. The van der Waals surface area contributed by atoms with Gasteiger partial charge in [-0.05, 0) is 201 Å². The molecule has 0 aliphatic carbocycles. The molecule has 4 aliphatic rings. The first-order chi connectivity index (χ1) is 47.8. The van der Waals surface area contributed by atoms with Gasteiger partial charge in [0.15, 0.2) is 0 Å². The molecule has 0 N–H and O–H groups in total. The normalized spacial score (nSPS) is 15.9. The zero-order valence-corrected chi connectivity index (χ0v) is 57.9. The van der Waals surface area contributed by atoms with E-state index in [-0.39, 0.29) is 0 Å². The smallest absolute Gasteiger partial charge is 0.104 e. The number of hydrogen-bond acceptors (Lipinski definition) is 5. The summed E-state index contributed by atoms with van der Waals surface area (Å²) in [4.78, 5) is 7.53. The summed E-state index contributed by atoms with van der Waals surface area (Å²) >= 11 is 0. The number of benzene rings is 13. The molecule has 4 aliphatic heterocycles. The predicted molar refractivity (Wildman–Crippen MR) is 411 cm³/mol. The first-order valence-electron chi connectivity index (χ1n) is 34.8. The van der Waals surface area contributed by atoms with Gasteiger partial charge >= 0.3 is 0 Å². The van der Waals surface area contributed by atoms with Gasteiger partial charge in [0.1, 0.15) is 11.6 Å². The van der Waals surface area contributed by atoms with Crippen molar-refractivity contribution in [3.05, 3.63) is 341 Å². The molecular formula is C94H78N4O. The Morgan fingerprint density at radius 3 is 0.667 bits per heavy atom. The maximum atomic E-state index is 13.5. The molecule has 0 bridgehead atoms. The Labute approximate surface area is 583 Å². The second-order valence-electron chi connectivity index (χ2n) is 29.9. The quantitative estimate of drug-likeness (QED) is 0.144. The monoisotopic (exact) mass is 1280 g/mol. The molecule has 0 atom stereocenters. The summed E-state index contributed by atoms with van der Waals surface area (Å²) in [5, 5.41) is 13.5.